The number of esters is 2. The zero-order chi connectivity index (χ0) is 25.4. The number of hydrogen-bond acceptors (Lipinski definition) is 6. The molecule has 0 spiro atoms. The Hall–Kier alpha value is -1.14. The summed E-state index contributed by atoms with van der Waals surface area (Å²) in [5, 5.41) is 0. The highest BCUT2D eigenvalue weighted by molar-refractivity contribution is 5.69. The minimum absolute atomic E-state index is 0.0468. The van der Waals surface area contributed by atoms with Crippen LogP contribution in [0.15, 0.2) is 0 Å². The Bertz CT molecular complexity index is 768. The number of ether oxygens (including phenoxy) is 4. The van der Waals surface area contributed by atoms with E-state index in [1.165, 1.54) is 39.7 Å². The summed E-state index contributed by atoms with van der Waals surface area (Å²) >= 11 is 0. The monoisotopic (exact) mass is 492 g/mol. The van der Waals surface area contributed by atoms with E-state index >= 15 is 0 Å². The van der Waals surface area contributed by atoms with E-state index in [4.69, 9.17) is 18.9 Å². The molecule has 0 aromatic rings. The SMILES string of the molecule is COCO[C@H]1C[C@@H]2C[C@H](OC(C)=O)CC[C@]2(C)[C@H]2CC[C@]3(C)[C@@H]([C@H](C)CCC(=O)OC)CC[C@H]3[C@H]12. The van der Waals surface area contributed by atoms with Gasteiger partial charge in [-0.05, 0) is 104 Å². The summed E-state index contributed by atoms with van der Waals surface area (Å²) in [6, 6.07) is 0. The van der Waals surface area contributed by atoms with Crippen molar-refractivity contribution in [1.82, 2.24) is 0 Å². The third-order valence-electron chi connectivity index (χ3n) is 11.1. The van der Waals surface area contributed by atoms with Gasteiger partial charge in [-0.3, -0.25) is 9.59 Å². The first-order valence-corrected chi connectivity index (χ1v) is 14.0. The maximum Gasteiger partial charge on any atom is 0.305 e. The van der Waals surface area contributed by atoms with Crippen LogP contribution in [0.25, 0.3) is 0 Å². The Balaban J connectivity index is 1.55. The van der Waals surface area contributed by atoms with E-state index in [1.54, 1.807) is 7.11 Å². The van der Waals surface area contributed by atoms with E-state index in [0.717, 1.165) is 32.1 Å². The first kappa shape index (κ1) is 26.9. The molecule has 6 nitrogen and oxygen atoms in total. The van der Waals surface area contributed by atoms with Crippen LogP contribution in [0.1, 0.15) is 91.9 Å². The fraction of sp³-hybridized carbons (Fsp3) is 0.931. The van der Waals surface area contributed by atoms with Crippen LogP contribution < -0.4 is 0 Å². The molecular formula is C29H48O6. The van der Waals surface area contributed by atoms with Crippen LogP contribution in [-0.2, 0) is 28.5 Å². The molecule has 4 aliphatic carbocycles. The molecule has 35 heavy (non-hydrogen) atoms. The number of rotatable bonds is 8. The highest BCUT2D eigenvalue weighted by atomic mass is 16.7. The topological polar surface area (TPSA) is 71.1 Å². The van der Waals surface area contributed by atoms with Crippen LogP contribution >= 0.6 is 0 Å². The smallest absolute Gasteiger partial charge is 0.305 e. The molecule has 0 aliphatic heterocycles. The molecule has 0 amide bonds. The highest BCUT2D eigenvalue weighted by Gasteiger charge is 2.63. The number of hydrogen-bond donors (Lipinski definition) is 0. The fourth-order valence-electron chi connectivity index (χ4n) is 9.45. The zero-order valence-corrected chi connectivity index (χ0v) is 22.8. The van der Waals surface area contributed by atoms with Crippen molar-refractivity contribution in [2.45, 2.75) is 104 Å². The molecule has 0 aromatic carbocycles. The highest BCUT2D eigenvalue weighted by Crippen LogP contribution is 2.68. The normalized spacial score (nSPS) is 43.4. The fourth-order valence-corrected chi connectivity index (χ4v) is 9.45. The van der Waals surface area contributed by atoms with Crippen molar-refractivity contribution in [2.24, 2.45) is 46.3 Å². The van der Waals surface area contributed by atoms with Crippen molar-refractivity contribution in [2.75, 3.05) is 21.0 Å². The number of carbonyl (C=O) groups excluding carboxylic acids is 2. The Morgan fingerprint density at radius 2 is 1.69 bits per heavy atom. The van der Waals surface area contributed by atoms with Crippen molar-refractivity contribution in [3.8, 4) is 0 Å². The third kappa shape index (κ3) is 5.03. The lowest BCUT2D eigenvalue weighted by Gasteiger charge is -2.63. The number of fused-ring (bicyclic) bond motifs is 5. The molecule has 4 aliphatic rings. The van der Waals surface area contributed by atoms with Gasteiger partial charge in [0, 0.05) is 20.5 Å². The van der Waals surface area contributed by atoms with Crippen molar-refractivity contribution in [1.29, 1.82) is 0 Å². The molecule has 0 unspecified atom stereocenters. The van der Waals surface area contributed by atoms with Gasteiger partial charge in [-0.15, -0.1) is 0 Å². The van der Waals surface area contributed by atoms with E-state index < -0.39 is 0 Å². The summed E-state index contributed by atoms with van der Waals surface area (Å²) in [6.07, 6.45) is 10.8. The molecule has 4 fully saturated rings. The Morgan fingerprint density at radius 1 is 0.971 bits per heavy atom. The van der Waals surface area contributed by atoms with E-state index in [-0.39, 0.29) is 29.6 Å². The first-order valence-electron chi connectivity index (χ1n) is 14.0. The molecule has 6 heteroatoms. The zero-order valence-electron chi connectivity index (χ0n) is 22.8. The minimum atomic E-state index is -0.161. The molecule has 200 valence electrons. The second-order valence-electron chi connectivity index (χ2n) is 12.7. The molecule has 4 saturated carbocycles. The molecule has 4 rings (SSSR count). The van der Waals surface area contributed by atoms with Gasteiger partial charge in [0.1, 0.15) is 12.9 Å². The van der Waals surface area contributed by atoms with Gasteiger partial charge in [0.25, 0.3) is 0 Å². The van der Waals surface area contributed by atoms with E-state index in [9.17, 15) is 9.59 Å². The average molecular weight is 493 g/mol. The van der Waals surface area contributed by atoms with Crippen LogP contribution in [0.2, 0.25) is 0 Å². The van der Waals surface area contributed by atoms with Crippen molar-refractivity contribution >= 4 is 11.9 Å². The molecule has 0 radical (unpaired) electrons. The van der Waals surface area contributed by atoms with E-state index in [1.807, 2.05) is 0 Å². The number of carbonyl (C=O) groups is 2. The van der Waals surface area contributed by atoms with Crippen LogP contribution in [-0.4, -0.2) is 45.2 Å². The van der Waals surface area contributed by atoms with E-state index in [2.05, 4.69) is 20.8 Å². The van der Waals surface area contributed by atoms with Gasteiger partial charge in [-0.25, -0.2) is 0 Å². The van der Waals surface area contributed by atoms with E-state index in [0.29, 0.717) is 54.1 Å². The lowest BCUT2D eigenvalue weighted by molar-refractivity contribution is -0.210. The Morgan fingerprint density at radius 3 is 2.37 bits per heavy atom. The van der Waals surface area contributed by atoms with Gasteiger partial charge < -0.3 is 18.9 Å². The third-order valence-corrected chi connectivity index (χ3v) is 11.1. The second-order valence-corrected chi connectivity index (χ2v) is 12.7. The molecule has 0 N–H and O–H groups in total. The maximum atomic E-state index is 11.8. The van der Waals surface area contributed by atoms with Gasteiger partial charge in [-0.1, -0.05) is 20.8 Å². The van der Waals surface area contributed by atoms with Crippen molar-refractivity contribution < 1.29 is 28.5 Å². The molecule has 0 aromatic heterocycles. The van der Waals surface area contributed by atoms with Gasteiger partial charge in [-0.2, -0.15) is 0 Å². The quantitative estimate of drug-likeness (QED) is 0.317. The molecule has 10 atom stereocenters. The van der Waals surface area contributed by atoms with Gasteiger partial charge in [0.2, 0.25) is 0 Å². The lowest BCUT2D eigenvalue weighted by atomic mass is 9.43. The standard InChI is InChI=1S/C29H48O6/c1-18(7-10-26(31)33-6)22-8-9-23-27-24(12-14-29(22,23)4)28(3)13-11-21(35-19(2)30)15-20(28)16-25(27)34-17-32-5/h18,20-25,27H,7-17H2,1-6H3/t18-,20+,21-,22-,23+,24+,25+,27+,28+,29-/m1/s1. The Labute approximate surface area is 212 Å². The lowest BCUT2D eigenvalue weighted by Crippen LogP contribution is -2.59. The summed E-state index contributed by atoms with van der Waals surface area (Å²) in [5.74, 6) is 3.27. The first-order chi connectivity index (χ1) is 16.6. The Kier molecular flexibility index (Phi) is 8.22. The summed E-state index contributed by atoms with van der Waals surface area (Å²) in [7, 11) is 3.19. The van der Waals surface area contributed by atoms with Crippen LogP contribution in [0.3, 0.4) is 0 Å². The minimum Gasteiger partial charge on any atom is -0.469 e. The molecule has 0 saturated heterocycles. The average Bonchev–Trinajstić information content (AvgIpc) is 3.18. The van der Waals surface area contributed by atoms with Crippen LogP contribution in [0.5, 0.6) is 0 Å². The van der Waals surface area contributed by atoms with Crippen LogP contribution in [0, 0.1) is 46.3 Å². The summed E-state index contributed by atoms with van der Waals surface area (Å²) in [4.78, 5) is 23.4. The number of methoxy groups -OCH3 is 2. The van der Waals surface area contributed by atoms with Gasteiger partial charge in [0.15, 0.2) is 0 Å². The molecular weight excluding hydrogens is 444 g/mol. The molecule has 0 bridgehead atoms. The van der Waals surface area contributed by atoms with Gasteiger partial charge in [0.05, 0.1) is 13.2 Å². The van der Waals surface area contributed by atoms with Crippen molar-refractivity contribution in [3.05, 3.63) is 0 Å². The summed E-state index contributed by atoms with van der Waals surface area (Å²) in [6.45, 7) is 9.28. The summed E-state index contributed by atoms with van der Waals surface area (Å²) < 4.78 is 22.4. The second kappa shape index (κ2) is 10.7. The van der Waals surface area contributed by atoms with Gasteiger partial charge >= 0.3 is 11.9 Å². The van der Waals surface area contributed by atoms with Crippen molar-refractivity contribution in [3.63, 3.8) is 0 Å². The van der Waals surface area contributed by atoms with Crippen LogP contribution in [0.4, 0.5) is 0 Å². The molecule has 0 heterocycles. The predicted molar refractivity (Wildman–Crippen MR) is 133 cm³/mol. The largest absolute Gasteiger partial charge is 0.469 e. The summed E-state index contributed by atoms with van der Waals surface area (Å²) in [5.41, 5.74) is 0.577. The maximum absolute atomic E-state index is 11.8. The predicted octanol–water partition coefficient (Wildman–Crippen LogP) is 5.77.